The molecule has 0 aliphatic rings. The van der Waals surface area contributed by atoms with Crippen molar-refractivity contribution in [1.29, 1.82) is 5.26 Å². The summed E-state index contributed by atoms with van der Waals surface area (Å²) >= 11 is 3.36. The van der Waals surface area contributed by atoms with Crippen molar-refractivity contribution in [3.8, 4) is 11.8 Å². The maximum absolute atomic E-state index is 12.3. The minimum Gasteiger partial charge on any atom is -0.495 e. The minimum atomic E-state index is -0.510. The molecule has 5 nitrogen and oxygen atoms in total. The zero-order valence-corrected chi connectivity index (χ0v) is 14.8. The number of rotatable bonds is 5. The third-order valence-corrected chi connectivity index (χ3v) is 3.67. The molecule has 0 aliphatic heterocycles. The number of benzene rings is 2. The molecule has 0 aromatic heterocycles. The summed E-state index contributed by atoms with van der Waals surface area (Å²) in [4.78, 5) is 12.3. The first-order valence-electron chi connectivity index (χ1n) is 7.12. The molecule has 2 rings (SSSR count). The fourth-order valence-electron chi connectivity index (χ4n) is 1.99. The summed E-state index contributed by atoms with van der Waals surface area (Å²) in [6.07, 6.45) is 1.37. The van der Waals surface area contributed by atoms with Gasteiger partial charge in [-0.2, -0.15) is 5.26 Å². The second-order valence-corrected chi connectivity index (χ2v) is 5.90. The molecule has 0 saturated heterocycles. The van der Waals surface area contributed by atoms with Crippen molar-refractivity contribution < 1.29 is 9.53 Å². The van der Waals surface area contributed by atoms with E-state index in [1.807, 2.05) is 43.3 Å². The van der Waals surface area contributed by atoms with Gasteiger partial charge in [0.1, 0.15) is 17.4 Å². The fourth-order valence-corrected chi connectivity index (χ4v) is 2.39. The highest BCUT2D eigenvalue weighted by molar-refractivity contribution is 9.10. The lowest BCUT2D eigenvalue weighted by molar-refractivity contribution is -0.112. The molecule has 1 amide bonds. The molecule has 0 saturated carbocycles. The van der Waals surface area contributed by atoms with Gasteiger partial charge in [-0.15, -0.1) is 0 Å². The second-order valence-electron chi connectivity index (χ2n) is 4.98. The number of aryl methyl sites for hydroxylation is 1. The van der Waals surface area contributed by atoms with Crippen LogP contribution < -0.4 is 15.4 Å². The lowest BCUT2D eigenvalue weighted by Gasteiger charge is -2.10. The number of carbonyl (C=O) groups excluding carboxylic acids is 1. The summed E-state index contributed by atoms with van der Waals surface area (Å²) in [5.41, 5.74) is 2.21. The van der Waals surface area contributed by atoms with Gasteiger partial charge in [0.05, 0.1) is 12.8 Å². The van der Waals surface area contributed by atoms with Crippen molar-refractivity contribution >= 4 is 33.2 Å². The number of hydrogen-bond acceptors (Lipinski definition) is 4. The van der Waals surface area contributed by atoms with Crippen LogP contribution in [-0.2, 0) is 4.79 Å². The highest BCUT2D eigenvalue weighted by atomic mass is 79.9. The summed E-state index contributed by atoms with van der Waals surface area (Å²) in [6, 6.07) is 14.7. The van der Waals surface area contributed by atoms with Crippen molar-refractivity contribution in [2.45, 2.75) is 6.92 Å². The molecule has 0 fully saturated rings. The maximum Gasteiger partial charge on any atom is 0.267 e. The van der Waals surface area contributed by atoms with E-state index in [1.165, 1.54) is 13.3 Å². The van der Waals surface area contributed by atoms with E-state index in [1.54, 1.807) is 12.1 Å². The van der Waals surface area contributed by atoms with Crippen molar-refractivity contribution in [1.82, 2.24) is 0 Å². The zero-order valence-electron chi connectivity index (χ0n) is 13.3. The normalized spacial score (nSPS) is 10.7. The number of methoxy groups -OCH3 is 1. The second kappa shape index (κ2) is 8.18. The monoisotopic (exact) mass is 385 g/mol. The lowest BCUT2D eigenvalue weighted by Crippen LogP contribution is -2.15. The number of anilines is 2. The van der Waals surface area contributed by atoms with Gasteiger partial charge in [0.2, 0.25) is 0 Å². The van der Waals surface area contributed by atoms with Gasteiger partial charge in [-0.3, -0.25) is 4.79 Å². The Morgan fingerprint density at radius 1 is 1.29 bits per heavy atom. The van der Waals surface area contributed by atoms with Gasteiger partial charge < -0.3 is 15.4 Å². The van der Waals surface area contributed by atoms with Crippen LogP contribution in [0.4, 0.5) is 11.4 Å². The summed E-state index contributed by atoms with van der Waals surface area (Å²) < 4.78 is 6.12. The van der Waals surface area contributed by atoms with Crippen LogP contribution in [0.2, 0.25) is 0 Å². The number of nitrogens with zero attached hydrogens (tertiary/aromatic N) is 1. The third kappa shape index (κ3) is 4.61. The molecule has 0 heterocycles. The Kier molecular flexibility index (Phi) is 5.99. The average Bonchev–Trinajstić information content (AvgIpc) is 2.55. The van der Waals surface area contributed by atoms with E-state index in [0.29, 0.717) is 11.4 Å². The Bertz CT molecular complexity index is 825. The molecule has 0 aliphatic carbocycles. The summed E-state index contributed by atoms with van der Waals surface area (Å²) in [6.45, 7) is 1.91. The van der Waals surface area contributed by atoms with Crippen LogP contribution in [0, 0.1) is 18.3 Å². The molecule has 2 aromatic carbocycles. The molecule has 0 spiro atoms. The molecular formula is C18H16BrN3O2. The number of hydrogen-bond donors (Lipinski definition) is 2. The van der Waals surface area contributed by atoms with Gasteiger partial charge in [0.15, 0.2) is 0 Å². The van der Waals surface area contributed by atoms with E-state index in [9.17, 15) is 10.1 Å². The molecule has 0 radical (unpaired) electrons. The van der Waals surface area contributed by atoms with Gasteiger partial charge in [0, 0.05) is 16.4 Å². The summed E-state index contributed by atoms with van der Waals surface area (Å²) in [5, 5.41) is 14.9. The Hall–Kier alpha value is -2.78. The van der Waals surface area contributed by atoms with E-state index in [0.717, 1.165) is 15.7 Å². The van der Waals surface area contributed by atoms with Crippen LogP contribution >= 0.6 is 15.9 Å². The van der Waals surface area contributed by atoms with Crippen molar-refractivity contribution in [2.75, 3.05) is 17.7 Å². The maximum atomic E-state index is 12.3. The van der Waals surface area contributed by atoms with Crippen LogP contribution in [0.1, 0.15) is 5.56 Å². The SMILES string of the molecule is COc1ccc(C)cc1NC(=O)/C(C#N)=C\Nc1cccc(Br)c1. The van der Waals surface area contributed by atoms with Crippen molar-refractivity contribution in [3.05, 3.63) is 64.3 Å². The molecule has 6 heteroatoms. The number of nitriles is 1. The molecule has 0 unspecified atom stereocenters. The molecule has 2 aromatic rings. The third-order valence-electron chi connectivity index (χ3n) is 3.18. The summed E-state index contributed by atoms with van der Waals surface area (Å²) in [5.74, 6) is 0.0232. The largest absolute Gasteiger partial charge is 0.495 e. The Labute approximate surface area is 149 Å². The van der Waals surface area contributed by atoms with Crippen molar-refractivity contribution in [3.63, 3.8) is 0 Å². The predicted molar refractivity (Wildman–Crippen MR) is 97.8 cm³/mol. The van der Waals surface area contributed by atoms with Crippen LogP contribution in [0.25, 0.3) is 0 Å². The number of ether oxygens (including phenoxy) is 1. The van der Waals surface area contributed by atoms with Crippen LogP contribution in [-0.4, -0.2) is 13.0 Å². The number of halogens is 1. The van der Waals surface area contributed by atoms with Gasteiger partial charge in [-0.1, -0.05) is 28.1 Å². The highest BCUT2D eigenvalue weighted by Gasteiger charge is 2.12. The highest BCUT2D eigenvalue weighted by Crippen LogP contribution is 2.25. The van der Waals surface area contributed by atoms with Gasteiger partial charge >= 0.3 is 0 Å². The first-order valence-corrected chi connectivity index (χ1v) is 7.91. The lowest BCUT2D eigenvalue weighted by atomic mass is 10.2. The summed E-state index contributed by atoms with van der Waals surface area (Å²) in [7, 11) is 1.52. The number of carbonyl (C=O) groups is 1. The predicted octanol–water partition coefficient (Wildman–Crippen LogP) is 4.22. The van der Waals surface area contributed by atoms with Crippen LogP contribution in [0.3, 0.4) is 0 Å². The zero-order chi connectivity index (χ0) is 17.5. The standard InChI is InChI=1S/C18H16BrN3O2/c1-12-6-7-17(24-2)16(8-12)22-18(23)13(10-20)11-21-15-5-3-4-14(19)9-15/h3-9,11,21H,1-2H3,(H,22,23)/b13-11-. The Morgan fingerprint density at radius 3 is 2.75 bits per heavy atom. The van der Waals surface area contributed by atoms with Gasteiger partial charge in [-0.05, 0) is 42.8 Å². The van der Waals surface area contributed by atoms with Crippen molar-refractivity contribution in [2.24, 2.45) is 0 Å². The smallest absolute Gasteiger partial charge is 0.267 e. The van der Waals surface area contributed by atoms with E-state index in [-0.39, 0.29) is 5.57 Å². The average molecular weight is 386 g/mol. The van der Waals surface area contributed by atoms with E-state index in [4.69, 9.17) is 4.74 Å². The van der Waals surface area contributed by atoms with E-state index in [2.05, 4.69) is 26.6 Å². The Morgan fingerprint density at radius 2 is 2.08 bits per heavy atom. The Balaban J connectivity index is 2.16. The van der Waals surface area contributed by atoms with Gasteiger partial charge in [0.25, 0.3) is 5.91 Å². The molecule has 24 heavy (non-hydrogen) atoms. The molecule has 122 valence electrons. The van der Waals surface area contributed by atoms with Crippen LogP contribution in [0.5, 0.6) is 5.75 Å². The molecule has 0 atom stereocenters. The first kappa shape index (κ1) is 17.6. The van der Waals surface area contributed by atoms with Crippen LogP contribution in [0.15, 0.2) is 58.7 Å². The van der Waals surface area contributed by atoms with E-state index >= 15 is 0 Å². The first-order chi connectivity index (χ1) is 11.5. The number of nitrogens with one attached hydrogen (secondary N) is 2. The fraction of sp³-hybridized carbons (Fsp3) is 0.111. The molecule has 0 bridgehead atoms. The topological polar surface area (TPSA) is 74.1 Å². The molecule has 2 N–H and O–H groups in total. The molecular weight excluding hydrogens is 370 g/mol. The minimum absolute atomic E-state index is 0.0430. The van der Waals surface area contributed by atoms with Gasteiger partial charge in [-0.25, -0.2) is 0 Å². The number of amides is 1. The quantitative estimate of drug-likeness (QED) is 0.596. The van der Waals surface area contributed by atoms with E-state index < -0.39 is 5.91 Å².